The van der Waals surface area contributed by atoms with Crippen LogP contribution in [0.25, 0.3) is 11.0 Å². The molecule has 0 radical (unpaired) electrons. The minimum absolute atomic E-state index is 0.234. The highest BCUT2D eigenvalue weighted by Crippen LogP contribution is 2.22. The zero-order valence-electron chi connectivity index (χ0n) is 11.9. The van der Waals surface area contributed by atoms with Gasteiger partial charge in [-0.15, -0.1) is 0 Å². The van der Waals surface area contributed by atoms with Crippen molar-refractivity contribution in [1.29, 1.82) is 0 Å². The van der Waals surface area contributed by atoms with Crippen LogP contribution in [0.5, 0.6) is 0 Å². The summed E-state index contributed by atoms with van der Waals surface area (Å²) in [4.78, 5) is 19.9. The number of imidazole rings is 1. The van der Waals surface area contributed by atoms with Crippen LogP contribution in [0.3, 0.4) is 0 Å². The number of carboxylic acid groups (broad SMARTS) is 1. The monoisotopic (exact) mass is 281 g/mol. The van der Waals surface area contributed by atoms with Gasteiger partial charge in [0.05, 0.1) is 17.6 Å². The summed E-state index contributed by atoms with van der Waals surface area (Å²) in [6.45, 7) is 4.55. The molecule has 5 nitrogen and oxygen atoms in total. The first-order chi connectivity index (χ1) is 10.1. The van der Waals surface area contributed by atoms with Crippen LogP contribution in [0.15, 0.2) is 36.7 Å². The van der Waals surface area contributed by atoms with Gasteiger partial charge in [0, 0.05) is 12.4 Å². The third-order valence-electron chi connectivity index (χ3n) is 3.68. The van der Waals surface area contributed by atoms with Crippen molar-refractivity contribution in [2.24, 2.45) is 0 Å². The fourth-order valence-corrected chi connectivity index (χ4v) is 2.47. The average molecular weight is 281 g/mol. The van der Waals surface area contributed by atoms with Crippen molar-refractivity contribution < 1.29 is 9.90 Å². The fourth-order valence-electron chi connectivity index (χ4n) is 2.47. The van der Waals surface area contributed by atoms with Crippen LogP contribution in [0, 0.1) is 13.8 Å². The molecule has 3 rings (SSSR count). The Balaban J connectivity index is 2.16. The van der Waals surface area contributed by atoms with Gasteiger partial charge >= 0.3 is 5.97 Å². The predicted molar refractivity (Wildman–Crippen MR) is 79.5 cm³/mol. The van der Waals surface area contributed by atoms with Crippen LogP contribution in [0.1, 0.15) is 27.3 Å². The molecule has 106 valence electrons. The summed E-state index contributed by atoms with van der Waals surface area (Å²) in [6, 6.07) is 7.19. The second-order valence-electron chi connectivity index (χ2n) is 5.03. The van der Waals surface area contributed by atoms with Crippen LogP contribution in [0.2, 0.25) is 0 Å². The van der Waals surface area contributed by atoms with Gasteiger partial charge in [-0.2, -0.15) is 0 Å². The third kappa shape index (κ3) is 2.27. The third-order valence-corrected chi connectivity index (χ3v) is 3.68. The molecule has 0 atom stereocenters. The minimum Gasteiger partial charge on any atom is -0.478 e. The van der Waals surface area contributed by atoms with Crippen molar-refractivity contribution in [3.05, 3.63) is 59.2 Å². The van der Waals surface area contributed by atoms with Crippen molar-refractivity contribution in [2.45, 2.75) is 20.4 Å². The van der Waals surface area contributed by atoms with Gasteiger partial charge in [-0.3, -0.25) is 4.98 Å². The van der Waals surface area contributed by atoms with E-state index in [-0.39, 0.29) is 5.56 Å². The van der Waals surface area contributed by atoms with Gasteiger partial charge in [0.1, 0.15) is 11.3 Å². The highest BCUT2D eigenvalue weighted by Gasteiger charge is 2.15. The number of carboxylic acids is 1. The van der Waals surface area contributed by atoms with E-state index in [1.807, 2.05) is 36.7 Å². The van der Waals surface area contributed by atoms with Crippen LogP contribution in [-0.4, -0.2) is 25.6 Å². The number of hydrogen-bond donors (Lipinski definition) is 1. The van der Waals surface area contributed by atoms with E-state index in [1.165, 1.54) is 0 Å². The van der Waals surface area contributed by atoms with Crippen molar-refractivity contribution in [2.75, 3.05) is 0 Å². The molecular formula is C16H15N3O2. The second-order valence-corrected chi connectivity index (χ2v) is 5.03. The normalized spacial score (nSPS) is 11.0. The quantitative estimate of drug-likeness (QED) is 0.801. The van der Waals surface area contributed by atoms with Gasteiger partial charge < -0.3 is 9.67 Å². The first-order valence-corrected chi connectivity index (χ1v) is 6.66. The fraction of sp³-hybridized carbons (Fsp3) is 0.188. The Labute approximate surface area is 121 Å². The van der Waals surface area contributed by atoms with Gasteiger partial charge in [0.15, 0.2) is 0 Å². The Morgan fingerprint density at radius 2 is 2.10 bits per heavy atom. The molecule has 0 aliphatic carbocycles. The van der Waals surface area contributed by atoms with E-state index in [2.05, 4.69) is 9.97 Å². The molecule has 2 heterocycles. The summed E-state index contributed by atoms with van der Waals surface area (Å²) in [5.41, 5.74) is 3.85. The topological polar surface area (TPSA) is 68.0 Å². The predicted octanol–water partition coefficient (Wildman–Crippen LogP) is 2.79. The number of para-hydroxylation sites is 1. The number of nitrogens with zero attached hydrogens (tertiary/aromatic N) is 3. The molecule has 0 saturated heterocycles. The van der Waals surface area contributed by atoms with Crippen molar-refractivity contribution >= 4 is 17.0 Å². The highest BCUT2D eigenvalue weighted by molar-refractivity contribution is 6.01. The lowest BCUT2D eigenvalue weighted by atomic mass is 10.1. The lowest BCUT2D eigenvalue weighted by Crippen LogP contribution is -2.04. The summed E-state index contributed by atoms with van der Waals surface area (Å²) in [5.74, 6) is -0.162. The van der Waals surface area contributed by atoms with Crippen molar-refractivity contribution in [3.63, 3.8) is 0 Å². The van der Waals surface area contributed by atoms with E-state index in [4.69, 9.17) is 0 Å². The van der Waals surface area contributed by atoms with E-state index in [0.29, 0.717) is 12.1 Å². The summed E-state index contributed by atoms with van der Waals surface area (Å²) in [7, 11) is 0. The summed E-state index contributed by atoms with van der Waals surface area (Å²) < 4.78 is 2.02. The molecule has 5 heteroatoms. The van der Waals surface area contributed by atoms with Gasteiger partial charge in [0.25, 0.3) is 0 Å². The van der Waals surface area contributed by atoms with Crippen LogP contribution >= 0.6 is 0 Å². The minimum atomic E-state index is -0.956. The average Bonchev–Trinajstić information content (AvgIpc) is 2.77. The van der Waals surface area contributed by atoms with Gasteiger partial charge in [0.2, 0.25) is 0 Å². The maximum absolute atomic E-state index is 11.3. The molecule has 0 bridgehead atoms. The molecule has 0 unspecified atom stereocenters. The first-order valence-electron chi connectivity index (χ1n) is 6.66. The maximum Gasteiger partial charge on any atom is 0.337 e. The highest BCUT2D eigenvalue weighted by atomic mass is 16.4. The number of carbonyl (C=O) groups is 1. The van der Waals surface area contributed by atoms with E-state index >= 15 is 0 Å². The molecule has 2 aromatic heterocycles. The molecular weight excluding hydrogens is 266 g/mol. The van der Waals surface area contributed by atoms with E-state index in [0.717, 1.165) is 22.5 Å². The molecule has 1 aromatic carbocycles. The maximum atomic E-state index is 11.3. The molecule has 1 N–H and O–H groups in total. The van der Waals surface area contributed by atoms with Crippen molar-refractivity contribution in [1.82, 2.24) is 14.5 Å². The Morgan fingerprint density at radius 1 is 1.29 bits per heavy atom. The molecule has 0 spiro atoms. The SMILES string of the molecule is Cc1ccncc1Cn1c(C)nc2c(C(=O)O)cccc21. The zero-order valence-corrected chi connectivity index (χ0v) is 11.9. The van der Waals surface area contributed by atoms with E-state index in [1.54, 1.807) is 18.3 Å². The largest absolute Gasteiger partial charge is 0.478 e. The van der Waals surface area contributed by atoms with Crippen LogP contribution in [0.4, 0.5) is 0 Å². The Hall–Kier alpha value is -2.69. The number of benzene rings is 1. The van der Waals surface area contributed by atoms with Crippen LogP contribution in [-0.2, 0) is 6.54 Å². The number of pyridine rings is 1. The Bertz CT molecular complexity index is 837. The van der Waals surface area contributed by atoms with Gasteiger partial charge in [-0.05, 0) is 43.2 Å². The number of aromatic nitrogens is 3. The molecule has 0 saturated carbocycles. The summed E-state index contributed by atoms with van der Waals surface area (Å²) in [5, 5.41) is 9.26. The molecule has 0 aliphatic heterocycles. The number of aryl methyl sites for hydroxylation is 2. The smallest absolute Gasteiger partial charge is 0.337 e. The second kappa shape index (κ2) is 5.01. The van der Waals surface area contributed by atoms with E-state index < -0.39 is 5.97 Å². The number of aromatic carboxylic acids is 1. The summed E-state index contributed by atoms with van der Waals surface area (Å²) in [6.07, 6.45) is 3.60. The lowest BCUT2D eigenvalue weighted by Gasteiger charge is -2.09. The molecule has 0 aliphatic rings. The Kier molecular flexibility index (Phi) is 3.17. The number of hydrogen-bond acceptors (Lipinski definition) is 3. The molecule has 0 amide bonds. The van der Waals surface area contributed by atoms with Gasteiger partial charge in [-0.25, -0.2) is 9.78 Å². The van der Waals surface area contributed by atoms with Crippen molar-refractivity contribution in [3.8, 4) is 0 Å². The summed E-state index contributed by atoms with van der Waals surface area (Å²) >= 11 is 0. The Morgan fingerprint density at radius 3 is 2.81 bits per heavy atom. The van der Waals surface area contributed by atoms with E-state index in [9.17, 15) is 9.90 Å². The molecule has 0 fully saturated rings. The molecule has 21 heavy (non-hydrogen) atoms. The number of rotatable bonds is 3. The number of fused-ring (bicyclic) bond motifs is 1. The zero-order chi connectivity index (χ0) is 15.0. The van der Waals surface area contributed by atoms with Gasteiger partial charge in [-0.1, -0.05) is 6.07 Å². The first kappa shape index (κ1) is 13.3. The van der Waals surface area contributed by atoms with Crippen LogP contribution < -0.4 is 0 Å². The standard InChI is InChI=1S/C16H15N3O2/c1-10-6-7-17-8-12(10)9-19-11(2)18-15-13(16(20)21)4-3-5-14(15)19/h3-8H,9H2,1-2H3,(H,20,21). The lowest BCUT2D eigenvalue weighted by molar-refractivity contribution is 0.0699. The molecule has 3 aromatic rings.